The molecule has 0 atom stereocenters. The van der Waals surface area contributed by atoms with Crippen LogP contribution in [0.4, 0.5) is 16.2 Å². The molecular weight excluding hydrogens is 438 g/mol. The van der Waals surface area contributed by atoms with E-state index in [1.807, 2.05) is 43.3 Å². The van der Waals surface area contributed by atoms with Gasteiger partial charge in [0, 0.05) is 37.4 Å². The van der Waals surface area contributed by atoms with E-state index < -0.39 is 0 Å². The van der Waals surface area contributed by atoms with Crippen LogP contribution >= 0.6 is 0 Å². The van der Waals surface area contributed by atoms with Crippen molar-refractivity contribution in [3.05, 3.63) is 54.1 Å². The van der Waals surface area contributed by atoms with Crippen molar-refractivity contribution < 1.29 is 14.3 Å². The Morgan fingerprint density at radius 3 is 2.34 bits per heavy atom. The lowest BCUT2D eigenvalue weighted by molar-refractivity contribution is 0.105. The van der Waals surface area contributed by atoms with Crippen LogP contribution in [0, 0.1) is 11.8 Å². The minimum Gasteiger partial charge on any atom is -0.494 e. The van der Waals surface area contributed by atoms with E-state index >= 15 is 0 Å². The summed E-state index contributed by atoms with van der Waals surface area (Å²) in [6, 6.07) is 16.0. The molecule has 0 radical (unpaired) electrons. The molecular formula is C29H37N3O3. The average Bonchev–Trinajstić information content (AvgIpc) is 2.90. The number of anilines is 1. The van der Waals surface area contributed by atoms with Gasteiger partial charge in [-0.05, 0) is 67.8 Å². The minimum absolute atomic E-state index is 0.225. The van der Waals surface area contributed by atoms with Crippen molar-refractivity contribution in [1.82, 2.24) is 4.90 Å². The fraction of sp³-hybridized carbons (Fsp3) is 0.448. The molecule has 1 saturated heterocycles. The van der Waals surface area contributed by atoms with Crippen LogP contribution < -0.4 is 9.64 Å². The van der Waals surface area contributed by atoms with Crippen LogP contribution in [0.5, 0.6) is 5.75 Å². The standard InChI is InChI=1S/C29H37N3O3/c1-3-5-6-7-8-24-35-28-17-13-26(14-18-28)30-19-9-10-25-11-15-27(16-12-25)31-20-22-32(23-21-31)29(33)34-4-2/h11-19H,3-8,20-24H2,1-2H3. The van der Waals surface area contributed by atoms with Crippen molar-refractivity contribution in [3.8, 4) is 17.6 Å². The molecule has 2 aromatic carbocycles. The fourth-order valence-electron chi connectivity index (χ4n) is 3.86. The number of rotatable bonds is 10. The van der Waals surface area contributed by atoms with Crippen LogP contribution in [0.25, 0.3) is 0 Å². The van der Waals surface area contributed by atoms with Crippen molar-refractivity contribution in [1.29, 1.82) is 0 Å². The first kappa shape index (κ1) is 26.2. The van der Waals surface area contributed by atoms with Gasteiger partial charge in [-0.3, -0.25) is 0 Å². The maximum Gasteiger partial charge on any atom is 0.409 e. The molecule has 0 aliphatic carbocycles. The molecule has 0 bridgehead atoms. The highest BCUT2D eigenvalue weighted by molar-refractivity contribution is 5.81. The van der Waals surface area contributed by atoms with E-state index in [4.69, 9.17) is 9.47 Å². The molecule has 1 aliphatic rings. The number of ether oxygens (including phenoxy) is 2. The molecule has 35 heavy (non-hydrogen) atoms. The molecule has 1 heterocycles. The summed E-state index contributed by atoms with van der Waals surface area (Å²) < 4.78 is 10.9. The van der Waals surface area contributed by atoms with Gasteiger partial charge in [0.15, 0.2) is 0 Å². The number of nitrogens with zero attached hydrogens (tertiary/aromatic N) is 3. The zero-order chi connectivity index (χ0) is 24.7. The smallest absolute Gasteiger partial charge is 0.409 e. The van der Waals surface area contributed by atoms with Crippen LogP contribution in [-0.4, -0.2) is 56.6 Å². The van der Waals surface area contributed by atoms with Crippen LogP contribution in [0.1, 0.15) is 51.5 Å². The summed E-state index contributed by atoms with van der Waals surface area (Å²) in [6.07, 6.45) is 7.59. The van der Waals surface area contributed by atoms with Crippen LogP contribution in [0.3, 0.4) is 0 Å². The zero-order valence-electron chi connectivity index (χ0n) is 21.0. The van der Waals surface area contributed by atoms with Gasteiger partial charge in [0.05, 0.1) is 25.1 Å². The second-order valence-electron chi connectivity index (χ2n) is 8.50. The van der Waals surface area contributed by atoms with Crippen molar-refractivity contribution in [2.24, 2.45) is 4.99 Å². The summed E-state index contributed by atoms with van der Waals surface area (Å²) in [6.45, 7) is 8.15. The van der Waals surface area contributed by atoms with Crippen molar-refractivity contribution >= 4 is 23.7 Å². The second kappa shape index (κ2) is 14.7. The van der Waals surface area contributed by atoms with E-state index in [1.165, 1.54) is 25.7 Å². The first-order valence-electron chi connectivity index (χ1n) is 12.7. The Kier molecular flexibility index (Phi) is 11.0. The van der Waals surface area contributed by atoms with Crippen LogP contribution in [-0.2, 0) is 4.74 Å². The Hall–Kier alpha value is -3.46. The predicted octanol–water partition coefficient (Wildman–Crippen LogP) is 6.07. The number of aliphatic imine (C=N–C) groups is 1. The Morgan fingerprint density at radius 2 is 1.66 bits per heavy atom. The molecule has 186 valence electrons. The van der Waals surface area contributed by atoms with Gasteiger partial charge < -0.3 is 19.3 Å². The Balaban J connectivity index is 1.41. The summed E-state index contributed by atoms with van der Waals surface area (Å²) >= 11 is 0. The number of hydrogen-bond donors (Lipinski definition) is 0. The quantitative estimate of drug-likeness (QED) is 0.238. The van der Waals surface area contributed by atoms with E-state index in [1.54, 1.807) is 11.1 Å². The van der Waals surface area contributed by atoms with Gasteiger partial charge in [-0.2, -0.15) is 0 Å². The van der Waals surface area contributed by atoms with E-state index in [9.17, 15) is 4.79 Å². The highest BCUT2D eigenvalue weighted by atomic mass is 16.6. The third-order valence-corrected chi connectivity index (χ3v) is 5.89. The normalized spacial score (nSPS) is 13.4. The molecule has 0 saturated carbocycles. The Morgan fingerprint density at radius 1 is 0.943 bits per heavy atom. The molecule has 6 nitrogen and oxygen atoms in total. The molecule has 1 amide bonds. The lowest BCUT2D eigenvalue weighted by Gasteiger charge is -2.35. The molecule has 6 heteroatoms. The van der Waals surface area contributed by atoms with Crippen molar-refractivity contribution in [3.63, 3.8) is 0 Å². The first-order valence-corrected chi connectivity index (χ1v) is 12.7. The number of hydrogen-bond acceptors (Lipinski definition) is 5. The number of piperazine rings is 1. The number of unbranched alkanes of at least 4 members (excludes halogenated alkanes) is 4. The number of carbonyl (C=O) groups is 1. The SMILES string of the molecule is CCCCCCCOc1ccc(N=CC#Cc2ccc(N3CCN(C(=O)OCC)CC3)cc2)cc1. The third kappa shape index (κ3) is 9.01. The molecule has 0 spiro atoms. The van der Waals surface area contributed by atoms with Gasteiger partial charge in [0.25, 0.3) is 0 Å². The van der Waals surface area contributed by atoms with Crippen LogP contribution in [0.15, 0.2) is 53.5 Å². The number of amides is 1. The average molecular weight is 476 g/mol. The summed E-state index contributed by atoms with van der Waals surface area (Å²) in [5.41, 5.74) is 2.93. The van der Waals surface area contributed by atoms with Gasteiger partial charge in [0.1, 0.15) is 5.75 Å². The lowest BCUT2D eigenvalue weighted by atomic mass is 10.2. The predicted molar refractivity (Wildman–Crippen MR) is 143 cm³/mol. The summed E-state index contributed by atoms with van der Waals surface area (Å²) in [5, 5.41) is 0. The minimum atomic E-state index is -0.225. The topological polar surface area (TPSA) is 54.4 Å². The lowest BCUT2D eigenvalue weighted by Crippen LogP contribution is -2.49. The number of carbonyl (C=O) groups excluding carboxylic acids is 1. The number of benzene rings is 2. The second-order valence-corrected chi connectivity index (χ2v) is 8.50. The first-order chi connectivity index (χ1) is 17.2. The highest BCUT2D eigenvalue weighted by Crippen LogP contribution is 2.19. The highest BCUT2D eigenvalue weighted by Gasteiger charge is 2.21. The van der Waals surface area contributed by atoms with Gasteiger partial charge in [-0.25, -0.2) is 9.79 Å². The van der Waals surface area contributed by atoms with E-state index in [0.29, 0.717) is 19.7 Å². The van der Waals surface area contributed by atoms with Gasteiger partial charge in [0.2, 0.25) is 0 Å². The monoisotopic (exact) mass is 475 g/mol. The Bertz CT molecular complexity index is 983. The van der Waals surface area contributed by atoms with E-state index in [2.05, 4.69) is 40.8 Å². The maximum absolute atomic E-state index is 11.8. The molecule has 1 fully saturated rings. The maximum atomic E-state index is 11.8. The zero-order valence-corrected chi connectivity index (χ0v) is 21.0. The van der Waals surface area contributed by atoms with Gasteiger partial charge >= 0.3 is 6.09 Å². The molecule has 0 N–H and O–H groups in total. The largest absolute Gasteiger partial charge is 0.494 e. The van der Waals surface area contributed by atoms with Crippen molar-refractivity contribution in [2.45, 2.75) is 46.0 Å². The molecule has 1 aliphatic heterocycles. The van der Waals surface area contributed by atoms with E-state index in [0.717, 1.165) is 48.8 Å². The fourth-order valence-corrected chi connectivity index (χ4v) is 3.86. The summed E-state index contributed by atoms with van der Waals surface area (Å²) in [5.74, 6) is 7.02. The summed E-state index contributed by atoms with van der Waals surface area (Å²) in [4.78, 5) is 20.3. The third-order valence-electron chi connectivity index (χ3n) is 5.89. The Labute approximate surface area is 209 Å². The summed E-state index contributed by atoms with van der Waals surface area (Å²) in [7, 11) is 0. The van der Waals surface area contributed by atoms with Crippen LogP contribution in [0.2, 0.25) is 0 Å². The molecule has 3 rings (SSSR count). The van der Waals surface area contributed by atoms with Gasteiger partial charge in [-0.1, -0.05) is 38.5 Å². The van der Waals surface area contributed by atoms with Gasteiger partial charge in [-0.15, -0.1) is 0 Å². The molecule has 0 aromatic heterocycles. The van der Waals surface area contributed by atoms with Crippen molar-refractivity contribution in [2.75, 3.05) is 44.3 Å². The van der Waals surface area contributed by atoms with E-state index in [-0.39, 0.29) is 6.09 Å². The molecule has 0 unspecified atom stereocenters. The molecule has 2 aromatic rings.